The Labute approximate surface area is 119 Å². The largest absolute Gasteiger partial charge is 0.381 e. The Morgan fingerprint density at radius 3 is 2.85 bits per heavy atom. The molecular weight excluding hydrogens is 250 g/mol. The Balaban J connectivity index is 2.06. The third-order valence-electron chi connectivity index (χ3n) is 4.11. The van der Waals surface area contributed by atoms with Gasteiger partial charge < -0.3 is 15.0 Å². The number of nitrogens with two attached hydrogens (primary N) is 1. The van der Waals surface area contributed by atoms with Gasteiger partial charge >= 0.3 is 0 Å². The maximum atomic E-state index is 5.74. The fraction of sp³-hybridized carbons (Fsp3) is 0.562. The lowest BCUT2D eigenvalue weighted by atomic mass is 9.99. The average molecular weight is 273 g/mol. The minimum atomic E-state index is 0.532. The van der Waals surface area contributed by atoms with Gasteiger partial charge in [-0.15, -0.1) is 0 Å². The number of aryl methyl sites for hydroxylation is 1. The van der Waals surface area contributed by atoms with Gasteiger partial charge in [-0.25, -0.2) is 4.98 Å². The molecule has 1 aliphatic heterocycles. The molecule has 4 nitrogen and oxygen atoms in total. The van der Waals surface area contributed by atoms with E-state index in [1.165, 1.54) is 11.3 Å². The Hall–Kier alpha value is -1.39. The Morgan fingerprint density at radius 1 is 1.35 bits per heavy atom. The minimum Gasteiger partial charge on any atom is -0.381 e. The van der Waals surface area contributed by atoms with Crippen molar-refractivity contribution < 1.29 is 4.74 Å². The first-order valence-corrected chi connectivity index (χ1v) is 7.60. The lowest BCUT2D eigenvalue weighted by Gasteiger charge is -2.22. The molecule has 0 bridgehead atoms. The van der Waals surface area contributed by atoms with Crippen molar-refractivity contribution >= 4 is 11.0 Å². The second kappa shape index (κ2) is 5.94. The third-order valence-corrected chi connectivity index (χ3v) is 4.11. The predicted molar refractivity (Wildman–Crippen MR) is 80.7 cm³/mol. The molecule has 1 aromatic carbocycles. The van der Waals surface area contributed by atoms with Gasteiger partial charge in [0.25, 0.3) is 0 Å². The van der Waals surface area contributed by atoms with Crippen molar-refractivity contribution in [2.75, 3.05) is 13.2 Å². The van der Waals surface area contributed by atoms with Crippen molar-refractivity contribution in [3.63, 3.8) is 0 Å². The van der Waals surface area contributed by atoms with Crippen LogP contribution in [0.4, 0.5) is 0 Å². The van der Waals surface area contributed by atoms with Gasteiger partial charge in [-0.3, -0.25) is 0 Å². The maximum Gasteiger partial charge on any atom is 0.113 e. The normalized spacial score (nSPS) is 16.9. The molecule has 0 aliphatic carbocycles. The molecule has 20 heavy (non-hydrogen) atoms. The molecule has 0 spiro atoms. The van der Waals surface area contributed by atoms with Crippen LogP contribution in [0.3, 0.4) is 0 Å². The SMILES string of the molecule is CCCn1c(C2CCOCC2)nc2cc(CN)ccc21. The summed E-state index contributed by atoms with van der Waals surface area (Å²) in [5.74, 6) is 1.77. The van der Waals surface area contributed by atoms with Crippen LogP contribution in [0.25, 0.3) is 11.0 Å². The Morgan fingerprint density at radius 2 is 2.15 bits per heavy atom. The molecule has 0 amide bonds. The van der Waals surface area contributed by atoms with Crippen molar-refractivity contribution in [1.82, 2.24) is 9.55 Å². The summed E-state index contributed by atoms with van der Waals surface area (Å²) in [6, 6.07) is 6.41. The van der Waals surface area contributed by atoms with Gasteiger partial charge in [0, 0.05) is 32.2 Å². The van der Waals surface area contributed by atoms with Crippen molar-refractivity contribution in [2.45, 2.75) is 45.2 Å². The van der Waals surface area contributed by atoms with Crippen LogP contribution in [0.15, 0.2) is 18.2 Å². The number of benzene rings is 1. The lowest BCUT2D eigenvalue weighted by Crippen LogP contribution is -2.18. The molecule has 0 atom stereocenters. The molecule has 1 aliphatic rings. The van der Waals surface area contributed by atoms with Gasteiger partial charge in [-0.05, 0) is 37.0 Å². The highest BCUT2D eigenvalue weighted by Crippen LogP contribution is 2.30. The molecule has 0 radical (unpaired) electrons. The maximum absolute atomic E-state index is 5.74. The highest BCUT2D eigenvalue weighted by atomic mass is 16.5. The number of fused-ring (bicyclic) bond motifs is 1. The van der Waals surface area contributed by atoms with Gasteiger partial charge in [-0.1, -0.05) is 13.0 Å². The first-order chi connectivity index (χ1) is 9.83. The number of rotatable bonds is 4. The van der Waals surface area contributed by atoms with Gasteiger partial charge in [0.2, 0.25) is 0 Å². The van der Waals surface area contributed by atoms with Crippen LogP contribution in [-0.2, 0) is 17.8 Å². The highest BCUT2D eigenvalue weighted by molar-refractivity contribution is 5.77. The number of ether oxygens (including phenoxy) is 1. The first kappa shape index (κ1) is 13.6. The minimum absolute atomic E-state index is 0.532. The molecule has 1 saturated heterocycles. The number of nitrogens with zero attached hydrogens (tertiary/aromatic N) is 2. The zero-order valence-corrected chi connectivity index (χ0v) is 12.1. The van der Waals surface area contributed by atoms with E-state index in [1.54, 1.807) is 0 Å². The van der Waals surface area contributed by atoms with Crippen LogP contribution in [-0.4, -0.2) is 22.8 Å². The van der Waals surface area contributed by atoms with E-state index in [2.05, 4.69) is 29.7 Å². The molecule has 108 valence electrons. The van der Waals surface area contributed by atoms with Crippen LogP contribution in [0.1, 0.15) is 43.5 Å². The molecule has 1 fully saturated rings. The molecule has 0 unspecified atom stereocenters. The Bertz CT molecular complexity index is 585. The summed E-state index contributed by atoms with van der Waals surface area (Å²) in [4.78, 5) is 4.92. The Kier molecular flexibility index (Phi) is 4.03. The fourth-order valence-corrected chi connectivity index (χ4v) is 3.05. The molecule has 0 saturated carbocycles. The third kappa shape index (κ3) is 2.45. The molecule has 1 aromatic heterocycles. The molecule has 2 N–H and O–H groups in total. The fourth-order valence-electron chi connectivity index (χ4n) is 3.05. The monoisotopic (exact) mass is 273 g/mol. The summed E-state index contributed by atoms with van der Waals surface area (Å²) in [5, 5.41) is 0. The van der Waals surface area contributed by atoms with Crippen molar-refractivity contribution in [1.29, 1.82) is 0 Å². The van der Waals surface area contributed by atoms with E-state index in [0.29, 0.717) is 12.5 Å². The van der Waals surface area contributed by atoms with Gasteiger partial charge in [-0.2, -0.15) is 0 Å². The van der Waals surface area contributed by atoms with Crippen molar-refractivity contribution in [3.05, 3.63) is 29.6 Å². The van der Waals surface area contributed by atoms with Crippen LogP contribution in [0.2, 0.25) is 0 Å². The van der Waals surface area contributed by atoms with Gasteiger partial charge in [0.05, 0.1) is 11.0 Å². The lowest BCUT2D eigenvalue weighted by molar-refractivity contribution is 0.0829. The van der Waals surface area contributed by atoms with Crippen molar-refractivity contribution in [3.8, 4) is 0 Å². The first-order valence-electron chi connectivity index (χ1n) is 7.60. The number of hydrogen-bond donors (Lipinski definition) is 1. The van der Waals surface area contributed by atoms with Crippen LogP contribution >= 0.6 is 0 Å². The van der Waals surface area contributed by atoms with E-state index < -0.39 is 0 Å². The second-order valence-corrected chi connectivity index (χ2v) is 5.54. The molecule has 4 heteroatoms. The predicted octanol–water partition coefficient (Wildman–Crippen LogP) is 2.80. The number of imidazole rings is 1. The van der Waals surface area contributed by atoms with E-state index >= 15 is 0 Å². The van der Waals surface area contributed by atoms with Crippen LogP contribution in [0.5, 0.6) is 0 Å². The van der Waals surface area contributed by atoms with Gasteiger partial charge in [0.1, 0.15) is 5.82 Å². The summed E-state index contributed by atoms with van der Waals surface area (Å²) < 4.78 is 7.87. The van der Waals surface area contributed by atoms with Crippen LogP contribution < -0.4 is 5.73 Å². The summed E-state index contributed by atoms with van der Waals surface area (Å²) in [6.45, 7) is 5.53. The second-order valence-electron chi connectivity index (χ2n) is 5.54. The summed E-state index contributed by atoms with van der Waals surface area (Å²) in [6.07, 6.45) is 3.29. The zero-order chi connectivity index (χ0) is 13.9. The van der Waals surface area contributed by atoms with E-state index in [4.69, 9.17) is 15.5 Å². The molecule has 2 aromatic rings. The number of hydrogen-bond acceptors (Lipinski definition) is 3. The van der Waals surface area contributed by atoms with Crippen molar-refractivity contribution in [2.24, 2.45) is 5.73 Å². The van der Waals surface area contributed by atoms with E-state index in [1.807, 2.05) is 0 Å². The standard InChI is InChI=1S/C16H23N3O/c1-2-7-19-15-4-3-12(11-17)10-14(15)18-16(19)13-5-8-20-9-6-13/h3-4,10,13H,2,5-9,11,17H2,1H3. The smallest absolute Gasteiger partial charge is 0.113 e. The average Bonchev–Trinajstić information content (AvgIpc) is 2.86. The quantitative estimate of drug-likeness (QED) is 0.932. The molecule has 3 rings (SSSR count). The van der Waals surface area contributed by atoms with E-state index in [0.717, 1.165) is 50.1 Å². The number of aromatic nitrogens is 2. The van der Waals surface area contributed by atoms with Crippen LogP contribution in [0, 0.1) is 0 Å². The summed E-state index contributed by atoms with van der Waals surface area (Å²) in [7, 11) is 0. The van der Waals surface area contributed by atoms with Gasteiger partial charge in [0.15, 0.2) is 0 Å². The molecular formula is C16H23N3O. The topological polar surface area (TPSA) is 53.1 Å². The summed E-state index contributed by atoms with van der Waals surface area (Å²) in [5.41, 5.74) is 9.21. The zero-order valence-electron chi connectivity index (χ0n) is 12.1. The van der Waals surface area contributed by atoms with E-state index in [9.17, 15) is 0 Å². The summed E-state index contributed by atoms with van der Waals surface area (Å²) >= 11 is 0. The molecule has 2 heterocycles. The van der Waals surface area contributed by atoms with E-state index in [-0.39, 0.29) is 0 Å². The highest BCUT2D eigenvalue weighted by Gasteiger charge is 2.22.